The molecule has 5 heteroatoms. The van der Waals surface area contributed by atoms with E-state index < -0.39 is 0 Å². The Morgan fingerprint density at radius 2 is 1.70 bits per heavy atom. The van der Waals surface area contributed by atoms with Crippen LogP contribution in [-0.2, 0) is 11.2 Å². The van der Waals surface area contributed by atoms with E-state index in [0.717, 1.165) is 17.9 Å². The Balaban J connectivity index is 1.54. The number of likely N-dealkylation sites (N-methyl/N-ethyl adjacent to an activating group) is 1. The van der Waals surface area contributed by atoms with Gasteiger partial charge in [-0.05, 0) is 48.4 Å². The van der Waals surface area contributed by atoms with Crippen LogP contribution in [0.2, 0.25) is 0 Å². The highest BCUT2D eigenvalue weighted by Crippen LogP contribution is 2.28. The van der Waals surface area contributed by atoms with E-state index in [1.807, 2.05) is 73.8 Å². The molecule has 0 bridgehead atoms. The Hall–Kier alpha value is -3.34. The van der Waals surface area contributed by atoms with Crippen LogP contribution in [0.5, 0.6) is 11.5 Å². The Morgan fingerprint density at radius 1 is 1.00 bits per heavy atom. The fourth-order valence-corrected chi connectivity index (χ4v) is 2.59. The van der Waals surface area contributed by atoms with Crippen molar-refractivity contribution in [2.24, 2.45) is 0 Å². The van der Waals surface area contributed by atoms with Gasteiger partial charge in [-0.15, -0.1) is 0 Å². The van der Waals surface area contributed by atoms with Crippen LogP contribution in [0.25, 0.3) is 0 Å². The number of rotatable bonds is 8. The first-order valence-electron chi connectivity index (χ1n) is 8.91. The number of hydrogen-bond donors (Lipinski definition) is 1. The highest BCUT2D eigenvalue weighted by atomic mass is 16.5. The van der Waals surface area contributed by atoms with E-state index in [4.69, 9.17) is 4.74 Å². The third kappa shape index (κ3) is 5.57. The number of ether oxygens (including phenoxy) is 1. The predicted molar refractivity (Wildman–Crippen MR) is 107 cm³/mol. The molecule has 0 aliphatic carbocycles. The summed E-state index contributed by atoms with van der Waals surface area (Å²) in [6, 6.07) is 21.1. The maximum absolute atomic E-state index is 12.4. The first kappa shape index (κ1) is 18.5. The second-order valence-corrected chi connectivity index (χ2v) is 6.19. The average Bonchev–Trinajstić information content (AvgIpc) is 2.72. The van der Waals surface area contributed by atoms with Gasteiger partial charge in [-0.25, -0.2) is 0 Å². The van der Waals surface area contributed by atoms with E-state index in [2.05, 4.69) is 10.3 Å². The fraction of sp³-hybridized carbons (Fsp3) is 0.182. The molecule has 3 aromatic rings. The smallest absolute Gasteiger partial charge is 0.241 e. The molecule has 2 aromatic carbocycles. The van der Waals surface area contributed by atoms with Crippen molar-refractivity contribution in [3.05, 3.63) is 84.7 Å². The number of benzene rings is 2. The highest BCUT2D eigenvalue weighted by Gasteiger charge is 2.10. The van der Waals surface area contributed by atoms with Crippen LogP contribution in [0.15, 0.2) is 79.1 Å². The van der Waals surface area contributed by atoms with E-state index in [-0.39, 0.29) is 12.5 Å². The van der Waals surface area contributed by atoms with Crippen LogP contribution in [-0.4, -0.2) is 35.9 Å². The molecule has 0 unspecified atom stereocenters. The summed E-state index contributed by atoms with van der Waals surface area (Å²) in [5.74, 6) is 1.47. The summed E-state index contributed by atoms with van der Waals surface area (Å²) < 4.78 is 5.91. The molecule has 1 aromatic heterocycles. The van der Waals surface area contributed by atoms with Gasteiger partial charge in [0.25, 0.3) is 0 Å². The lowest BCUT2D eigenvalue weighted by molar-refractivity contribution is -0.127. The van der Waals surface area contributed by atoms with Crippen LogP contribution < -0.4 is 10.1 Å². The molecular formula is C22H23N3O2. The van der Waals surface area contributed by atoms with Crippen molar-refractivity contribution in [1.82, 2.24) is 9.88 Å². The fourth-order valence-electron chi connectivity index (χ4n) is 2.59. The summed E-state index contributed by atoms with van der Waals surface area (Å²) in [6.07, 6.45) is 4.34. The highest BCUT2D eigenvalue weighted by molar-refractivity contribution is 5.81. The summed E-state index contributed by atoms with van der Waals surface area (Å²) in [6.45, 7) is 0.870. The molecule has 0 aliphatic rings. The minimum atomic E-state index is 0.0265. The van der Waals surface area contributed by atoms with Gasteiger partial charge in [0.2, 0.25) is 5.91 Å². The first-order chi connectivity index (χ1) is 13.2. The topological polar surface area (TPSA) is 54.5 Å². The Labute approximate surface area is 159 Å². The minimum Gasteiger partial charge on any atom is -0.455 e. The number of nitrogens with one attached hydrogen (secondary N) is 1. The molecule has 0 atom stereocenters. The minimum absolute atomic E-state index is 0.0265. The number of para-hydroxylation sites is 3. The van der Waals surface area contributed by atoms with Gasteiger partial charge in [-0.3, -0.25) is 9.78 Å². The summed E-state index contributed by atoms with van der Waals surface area (Å²) in [5.41, 5.74) is 1.96. The van der Waals surface area contributed by atoms with Crippen LogP contribution in [0.3, 0.4) is 0 Å². The molecule has 5 nitrogen and oxygen atoms in total. The van der Waals surface area contributed by atoms with Crippen LogP contribution >= 0.6 is 0 Å². The number of pyridine rings is 1. The largest absolute Gasteiger partial charge is 0.455 e. The number of carbonyl (C=O) groups excluding carboxylic acids is 1. The van der Waals surface area contributed by atoms with E-state index >= 15 is 0 Å². The Bertz CT molecular complexity index is 854. The van der Waals surface area contributed by atoms with Crippen molar-refractivity contribution < 1.29 is 9.53 Å². The molecule has 1 amide bonds. The number of amides is 1. The zero-order valence-corrected chi connectivity index (χ0v) is 15.3. The third-order valence-electron chi connectivity index (χ3n) is 4.20. The molecule has 3 rings (SSSR count). The molecule has 1 heterocycles. The van der Waals surface area contributed by atoms with Crippen LogP contribution in [0.4, 0.5) is 5.69 Å². The average molecular weight is 361 g/mol. The summed E-state index contributed by atoms with van der Waals surface area (Å²) >= 11 is 0. The number of hydrogen-bond acceptors (Lipinski definition) is 4. The van der Waals surface area contributed by atoms with Crippen LogP contribution in [0, 0.1) is 0 Å². The molecule has 0 fully saturated rings. The number of nitrogens with zero attached hydrogens (tertiary/aromatic N) is 2. The van der Waals surface area contributed by atoms with Gasteiger partial charge in [0, 0.05) is 26.0 Å². The van der Waals surface area contributed by atoms with Gasteiger partial charge in [0.15, 0.2) is 5.75 Å². The third-order valence-corrected chi connectivity index (χ3v) is 4.20. The lowest BCUT2D eigenvalue weighted by Crippen LogP contribution is -2.33. The van der Waals surface area contributed by atoms with Gasteiger partial charge in [-0.1, -0.05) is 30.3 Å². The zero-order chi connectivity index (χ0) is 18.9. The van der Waals surface area contributed by atoms with Gasteiger partial charge in [0.05, 0.1) is 12.2 Å². The summed E-state index contributed by atoms with van der Waals surface area (Å²) in [5, 5.41) is 3.19. The maximum atomic E-state index is 12.4. The normalized spacial score (nSPS) is 10.3. The quantitative estimate of drug-likeness (QED) is 0.659. The molecule has 1 N–H and O–H groups in total. The van der Waals surface area contributed by atoms with Crippen LogP contribution in [0.1, 0.15) is 5.56 Å². The van der Waals surface area contributed by atoms with Crippen molar-refractivity contribution in [3.8, 4) is 11.5 Å². The molecule has 0 spiro atoms. The monoisotopic (exact) mass is 361 g/mol. The summed E-state index contributed by atoms with van der Waals surface area (Å²) in [4.78, 5) is 18.2. The maximum Gasteiger partial charge on any atom is 0.241 e. The van der Waals surface area contributed by atoms with Crippen molar-refractivity contribution >= 4 is 11.6 Å². The van der Waals surface area contributed by atoms with Gasteiger partial charge in [-0.2, -0.15) is 0 Å². The van der Waals surface area contributed by atoms with Crippen molar-refractivity contribution in [1.29, 1.82) is 0 Å². The molecule has 0 radical (unpaired) electrons. The van der Waals surface area contributed by atoms with Crippen molar-refractivity contribution in [3.63, 3.8) is 0 Å². The zero-order valence-electron chi connectivity index (χ0n) is 15.3. The lowest BCUT2D eigenvalue weighted by Gasteiger charge is -2.19. The number of anilines is 1. The van der Waals surface area contributed by atoms with E-state index in [1.54, 1.807) is 17.3 Å². The Kier molecular flexibility index (Phi) is 6.41. The second kappa shape index (κ2) is 9.38. The van der Waals surface area contributed by atoms with Crippen molar-refractivity contribution in [2.75, 3.05) is 25.5 Å². The predicted octanol–water partition coefficient (Wildman–Crippen LogP) is 3.99. The summed E-state index contributed by atoms with van der Waals surface area (Å²) in [7, 11) is 1.82. The lowest BCUT2D eigenvalue weighted by atomic mass is 10.2. The molecule has 0 saturated carbocycles. The number of aromatic nitrogens is 1. The second-order valence-electron chi connectivity index (χ2n) is 6.19. The van der Waals surface area contributed by atoms with Gasteiger partial charge in [0.1, 0.15) is 5.75 Å². The molecule has 0 aliphatic heterocycles. The van der Waals surface area contributed by atoms with Crippen molar-refractivity contribution in [2.45, 2.75) is 6.42 Å². The van der Waals surface area contributed by atoms with E-state index in [0.29, 0.717) is 12.3 Å². The molecular weight excluding hydrogens is 338 g/mol. The Morgan fingerprint density at radius 3 is 2.48 bits per heavy atom. The van der Waals surface area contributed by atoms with E-state index in [1.165, 1.54) is 5.56 Å². The molecule has 27 heavy (non-hydrogen) atoms. The number of carbonyl (C=O) groups is 1. The van der Waals surface area contributed by atoms with Gasteiger partial charge >= 0.3 is 0 Å². The molecule has 0 saturated heterocycles. The molecule has 138 valence electrons. The van der Waals surface area contributed by atoms with Gasteiger partial charge < -0.3 is 15.0 Å². The van der Waals surface area contributed by atoms with E-state index in [9.17, 15) is 4.79 Å². The SMILES string of the molecule is CN(CCc1ccncc1)C(=O)CNc1ccccc1Oc1ccccc1. The first-order valence-corrected chi connectivity index (χ1v) is 8.91. The standard InChI is InChI=1S/C22H23N3O2/c1-25(16-13-18-11-14-23-15-12-18)22(26)17-24-20-9-5-6-10-21(20)27-19-7-3-2-4-8-19/h2-12,14-15,24H,13,16-17H2,1H3.